The molecule has 0 aromatic carbocycles. The maximum atomic E-state index is 3.88. The Bertz CT molecular complexity index is 157. The van der Waals surface area contributed by atoms with Gasteiger partial charge in [0.1, 0.15) is 0 Å². The summed E-state index contributed by atoms with van der Waals surface area (Å²) in [7, 11) is 0. The molecule has 0 heterocycles. The molecule has 0 N–H and O–H groups in total. The average Bonchev–Trinajstić information content (AvgIpc) is 2.16. The molecule has 0 bridgehead atoms. The van der Waals surface area contributed by atoms with E-state index in [-0.39, 0.29) is 0 Å². The molecular formula is C13H25Br. The van der Waals surface area contributed by atoms with E-state index >= 15 is 0 Å². The summed E-state index contributed by atoms with van der Waals surface area (Å²) in [5.74, 6) is 3.57. The van der Waals surface area contributed by atoms with E-state index in [2.05, 4.69) is 43.6 Å². The fourth-order valence-corrected chi connectivity index (χ4v) is 3.19. The van der Waals surface area contributed by atoms with Gasteiger partial charge in [-0.3, -0.25) is 0 Å². The van der Waals surface area contributed by atoms with Gasteiger partial charge in [0.05, 0.1) is 0 Å². The fraction of sp³-hybridized carbons (Fsp3) is 1.00. The highest BCUT2D eigenvalue weighted by Crippen LogP contribution is 2.39. The Balaban J connectivity index is 2.47. The van der Waals surface area contributed by atoms with Gasteiger partial charge in [0.15, 0.2) is 0 Å². The minimum atomic E-state index is 0.740. The Morgan fingerprint density at radius 2 is 1.57 bits per heavy atom. The molecule has 1 saturated carbocycles. The molecular weight excluding hydrogens is 236 g/mol. The van der Waals surface area contributed by atoms with Crippen molar-refractivity contribution in [2.24, 2.45) is 23.7 Å². The van der Waals surface area contributed by atoms with Gasteiger partial charge >= 0.3 is 0 Å². The van der Waals surface area contributed by atoms with Crippen LogP contribution < -0.4 is 0 Å². The predicted molar refractivity (Wildman–Crippen MR) is 67.8 cm³/mol. The first-order chi connectivity index (χ1) is 6.52. The van der Waals surface area contributed by atoms with Crippen molar-refractivity contribution in [3.05, 3.63) is 0 Å². The van der Waals surface area contributed by atoms with Gasteiger partial charge in [-0.1, -0.05) is 56.5 Å². The molecule has 84 valence electrons. The molecule has 14 heavy (non-hydrogen) atoms. The van der Waals surface area contributed by atoms with E-state index in [4.69, 9.17) is 0 Å². The first kappa shape index (κ1) is 12.5. The van der Waals surface area contributed by atoms with Gasteiger partial charge < -0.3 is 0 Å². The SMILES string of the molecule is CC(C)C1CCCC(C(Br)C(C)C)C1. The van der Waals surface area contributed by atoms with Crippen LogP contribution >= 0.6 is 15.9 Å². The van der Waals surface area contributed by atoms with Crippen LogP contribution in [0.15, 0.2) is 0 Å². The van der Waals surface area contributed by atoms with E-state index in [1.807, 2.05) is 0 Å². The van der Waals surface area contributed by atoms with E-state index in [0.717, 1.165) is 28.5 Å². The molecule has 0 nitrogen and oxygen atoms in total. The lowest BCUT2D eigenvalue weighted by Crippen LogP contribution is -2.28. The molecule has 0 amide bonds. The van der Waals surface area contributed by atoms with Crippen molar-refractivity contribution in [1.82, 2.24) is 0 Å². The summed E-state index contributed by atoms with van der Waals surface area (Å²) in [5, 5.41) is 0. The Morgan fingerprint density at radius 1 is 1.00 bits per heavy atom. The van der Waals surface area contributed by atoms with Crippen molar-refractivity contribution in [2.75, 3.05) is 0 Å². The maximum absolute atomic E-state index is 3.88. The quantitative estimate of drug-likeness (QED) is 0.636. The van der Waals surface area contributed by atoms with Gasteiger partial charge in [0, 0.05) is 4.83 Å². The number of hydrogen-bond donors (Lipinski definition) is 0. The maximum Gasteiger partial charge on any atom is 0.0197 e. The van der Waals surface area contributed by atoms with E-state index in [1.54, 1.807) is 0 Å². The van der Waals surface area contributed by atoms with Crippen molar-refractivity contribution in [3.8, 4) is 0 Å². The summed E-state index contributed by atoms with van der Waals surface area (Å²) in [6, 6.07) is 0. The summed E-state index contributed by atoms with van der Waals surface area (Å²) >= 11 is 3.88. The average molecular weight is 261 g/mol. The van der Waals surface area contributed by atoms with Crippen molar-refractivity contribution in [3.63, 3.8) is 0 Å². The van der Waals surface area contributed by atoms with Gasteiger partial charge in [0.25, 0.3) is 0 Å². The van der Waals surface area contributed by atoms with Gasteiger partial charge in [-0.15, -0.1) is 0 Å². The summed E-state index contributed by atoms with van der Waals surface area (Å²) in [5.41, 5.74) is 0. The third kappa shape index (κ3) is 3.25. The molecule has 3 atom stereocenters. The second-order valence-corrected chi connectivity index (χ2v) is 6.68. The molecule has 1 rings (SSSR count). The molecule has 1 aliphatic carbocycles. The zero-order chi connectivity index (χ0) is 10.7. The minimum Gasteiger partial charge on any atom is -0.0885 e. The lowest BCUT2D eigenvalue weighted by atomic mass is 9.74. The fourth-order valence-electron chi connectivity index (χ4n) is 2.71. The topological polar surface area (TPSA) is 0 Å². The van der Waals surface area contributed by atoms with E-state index in [1.165, 1.54) is 25.7 Å². The van der Waals surface area contributed by atoms with Crippen LogP contribution in [0.2, 0.25) is 0 Å². The molecule has 1 aliphatic rings. The van der Waals surface area contributed by atoms with E-state index < -0.39 is 0 Å². The second-order valence-electron chi connectivity index (χ2n) is 5.62. The highest BCUT2D eigenvalue weighted by atomic mass is 79.9. The Kier molecular flexibility index (Phi) is 4.96. The molecule has 0 spiro atoms. The number of hydrogen-bond acceptors (Lipinski definition) is 0. The summed E-state index contributed by atoms with van der Waals surface area (Å²) < 4.78 is 0. The van der Waals surface area contributed by atoms with Gasteiger partial charge in [-0.25, -0.2) is 0 Å². The van der Waals surface area contributed by atoms with Crippen LogP contribution in [0.1, 0.15) is 53.4 Å². The monoisotopic (exact) mass is 260 g/mol. The first-order valence-corrected chi connectivity index (χ1v) is 7.08. The smallest absolute Gasteiger partial charge is 0.0197 e. The van der Waals surface area contributed by atoms with Crippen LogP contribution in [-0.2, 0) is 0 Å². The summed E-state index contributed by atoms with van der Waals surface area (Å²) in [4.78, 5) is 0.740. The zero-order valence-electron chi connectivity index (χ0n) is 10.1. The highest BCUT2D eigenvalue weighted by molar-refractivity contribution is 9.09. The molecule has 0 radical (unpaired) electrons. The number of halogens is 1. The van der Waals surface area contributed by atoms with E-state index in [0.29, 0.717) is 0 Å². The van der Waals surface area contributed by atoms with Crippen LogP contribution in [0.5, 0.6) is 0 Å². The number of rotatable bonds is 3. The molecule has 0 saturated heterocycles. The largest absolute Gasteiger partial charge is 0.0885 e. The van der Waals surface area contributed by atoms with Gasteiger partial charge in [-0.05, 0) is 36.5 Å². The number of alkyl halides is 1. The van der Waals surface area contributed by atoms with Crippen LogP contribution in [0.4, 0.5) is 0 Å². The third-order valence-electron chi connectivity index (χ3n) is 3.79. The van der Waals surface area contributed by atoms with E-state index in [9.17, 15) is 0 Å². The Hall–Kier alpha value is 0.480. The highest BCUT2D eigenvalue weighted by Gasteiger charge is 2.29. The zero-order valence-corrected chi connectivity index (χ0v) is 11.7. The Morgan fingerprint density at radius 3 is 2.07 bits per heavy atom. The molecule has 1 heteroatoms. The minimum absolute atomic E-state index is 0.740. The van der Waals surface area contributed by atoms with Gasteiger partial charge in [-0.2, -0.15) is 0 Å². The van der Waals surface area contributed by atoms with Crippen LogP contribution in [0, 0.1) is 23.7 Å². The second kappa shape index (κ2) is 5.53. The van der Waals surface area contributed by atoms with Gasteiger partial charge in [0.2, 0.25) is 0 Å². The molecule has 0 aromatic rings. The lowest BCUT2D eigenvalue weighted by Gasteiger charge is -2.35. The molecule has 0 aliphatic heterocycles. The third-order valence-corrected chi connectivity index (χ3v) is 5.59. The van der Waals surface area contributed by atoms with Crippen LogP contribution in [-0.4, -0.2) is 4.83 Å². The Labute approximate surface area is 98.0 Å². The summed E-state index contributed by atoms with van der Waals surface area (Å²) in [6.45, 7) is 9.42. The molecule has 0 aromatic heterocycles. The van der Waals surface area contributed by atoms with Crippen LogP contribution in [0.3, 0.4) is 0 Å². The molecule has 1 fully saturated rings. The first-order valence-electron chi connectivity index (χ1n) is 6.16. The normalized spacial score (nSPS) is 31.1. The predicted octanol–water partition coefficient (Wildman–Crippen LogP) is 4.87. The standard InChI is InChI=1S/C13H25Br/c1-9(2)11-6-5-7-12(8-11)13(14)10(3)4/h9-13H,5-8H2,1-4H3. The lowest BCUT2D eigenvalue weighted by molar-refractivity contribution is 0.201. The van der Waals surface area contributed by atoms with Crippen molar-refractivity contribution >= 4 is 15.9 Å². The van der Waals surface area contributed by atoms with Crippen molar-refractivity contribution in [1.29, 1.82) is 0 Å². The molecule has 3 unspecified atom stereocenters. The van der Waals surface area contributed by atoms with Crippen molar-refractivity contribution in [2.45, 2.75) is 58.2 Å². The summed E-state index contributed by atoms with van der Waals surface area (Å²) in [6.07, 6.45) is 5.80. The van der Waals surface area contributed by atoms with Crippen molar-refractivity contribution < 1.29 is 0 Å². The van der Waals surface area contributed by atoms with Crippen LogP contribution in [0.25, 0.3) is 0 Å².